The van der Waals surface area contributed by atoms with Gasteiger partial charge in [0.05, 0.1) is 42.3 Å². The summed E-state index contributed by atoms with van der Waals surface area (Å²) >= 11 is 0.579. The number of benzene rings is 4. The fraction of sp³-hybridized carbons (Fsp3) is 0.321. The first-order valence-corrected chi connectivity index (χ1v) is 38.1. The smallest absolute Gasteiger partial charge is 0.295 e. The van der Waals surface area contributed by atoms with Crippen LogP contribution in [0, 0.1) is 0 Å². The molecule has 490 valence electrons. The highest BCUT2D eigenvalue weighted by molar-refractivity contribution is 7.91. The second-order valence-electron chi connectivity index (χ2n) is 22.0. The van der Waals surface area contributed by atoms with Crippen molar-refractivity contribution < 1.29 is 100 Å². The maximum atomic E-state index is 13.5. The van der Waals surface area contributed by atoms with Crippen molar-refractivity contribution in [2.45, 2.75) is 101 Å². The van der Waals surface area contributed by atoms with Crippen LogP contribution < -0.4 is 20.7 Å². The summed E-state index contributed by atoms with van der Waals surface area (Å²) in [5.41, 5.74) is -0.716. The van der Waals surface area contributed by atoms with Gasteiger partial charge in [0.15, 0.2) is 5.71 Å². The Bertz CT molecular complexity index is 4990. The van der Waals surface area contributed by atoms with E-state index in [4.69, 9.17) is 5.14 Å². The van der Waals surface area contributed by atoms with Crippen LogP contribution in [0.2, 0.25) is 0 Å². The van der Waals surface area contributed by atoms with Gasteiger partial charge >= 0.3 is 0 Å². The number of amides is 2. The molecule has 0 bridgehead atoms. The lowest BCUT2D eigenvalue weighted by atomic mass is 9.79. The minimum atomic E-state index is -5.19. The molecule has 30 nitrogen and oxygen atoms in total. The number of pyridine rings is 1. The molecule has 8 rings (SSSR count). The van der Waals surface area contributed by atoms with E-state index in [0.717, 1.165) is 12.1 Å². The molecule has 2 aliphatic rings. The van der Waals surface area contributed by atoms with E-state index in [2.05, 4.69) is 25.8 Å². The highest BCUT2D eigenvalue weighted by atomic mass is 32.3. The Hall–Kier alpha value is -6.89. The average molecular weight is 1420 g/mol. The van der Waals surface area contributed by atoms with Crippen molar-refractivity contribution in [3.05, 3.63) is 119 Å². The number of carbonyl (C=O) groups is 2. The van der Waals surface area contributed by atoms with E-state index >= 15 is 0 Å². The maximum absolute atomic E-state index is 13.5. The van der Waals surface area contributed by atoms with Crippen molar-refractivity contribution in [2.24, 2.45) is 5.14 Å². The van der Waals surface area contributed by atoms with Gasteiger partial charge in [0.2, 0.25) is 21.1 Å². The minimum absolute atomic E-state index is 0.0218. The fourth-order valence-electron chi connectivity index (χ4n) is 11.0. The van der Waals surface area contributed by atoms with Crippen LogP contribution in [0.15, 0.2) is 121 Å². The first-order chi connectivity index (χ1) is 41.9. The van der Waals surface area contributed by atoms with Crippen LogP contribution in [0.1, 0.15) is 93.4 Å². The minimum Gasteiger partial charge on any atom is -0.748 e. The number of anilines is 2. The molecule has 2 aliphatic heterocycles. The molecule has 4 heterocycles. The lowest BCUT2D eigenvalue weighted by Crippen LogP contribution is -2.28. The number of hydrogen-bond acceptors (Lipinski definition) is 22. The van der Waals surface area contributed by atoms with Crippen molar-refractivity contribution >= 4 is 143 Å². The average Bonchev–Trinajstić information content (AvgIpc) is 1.62. The second kappa shape index (κ2) is 25.5. The fourth-order valence-corrected chi connectivity index (χ4v) is 16.0. The van der Waals surface area contributed by atoms with Gasteiger partial charge in [0.1, 0.15) is 16.3 Å². The Morgan fingerprint density at radius 1 is 0.692 bits per heavy atom. The molecule has 38 heteroatoms. The van der Waals surface area contributed by atoms with Crippen molar-refractivity contribution in [3.8, 4) is 0 Å². The molecule has 0 fully saturated rings. The summed E-state index contributed by atoms with van der Waals surface area (Å²) in [6.45, 7) is 6.35. The van der Waals surface area contributed by atoms with Gasteiger partial charge in [-0.25, -0.2) is 22.0 Å². The number of nitrogens with two attached hydrogens (primary N) is 1. The Balaban J connectivity index is 1.23. The second-order valence-corrected chi connectivity index (χ2v) is 33.4. The quantitative estimate of drug-likeness (QED) is 0.0126. The molecule has 0 saturated carbocycles. The molecule has 0 spiro atoms. The van der Waals surface area contributed by atoms with Gasteiger partial charge < -0.3 is 20.1 Å². The predicted molar refractivity (Wildman–Crippen MR) is 331 cm³/mol. The number of allylic oxidation sites excluding steroid dienone is 6. The summed E-state index contributed by atoms with van der Waals surface area (Å²) in [6.07, 6.45) is 8.15. The third-order valence-corrected chi connectivity index (χ3v) is 22.1. The third kappa shape index (κ3) is 16.0. The number of sulfonamides is 1. The molecule has 9 N–H and O–H groups in total. The molecule has 0 radical (unpaired) electrons. The SMILES string of the molecule is CC1(C)C(/C=C/C(=C/C=C2/N(CCCS(=O)(=O)O)c3ccc4c(S(=O)(=O)O)cc(S(=O)(=O)O)cc4c3C2(C)C)c2ccc(C(=O)NCCCCCC(=O)Nc3nnc(S(N)(=O)=O)s3)cn2)=[N+](CCCS(=O)(=O)[O-])c2ccc3c(S(=O)(=O)O)cc(S(=O)(=O)O)cc3c21. The Morgan fingerprint density at radius 3 is 1.84 bits per heavy atom. The zero-order chi connectivity index (χ0) is 67.4. The Labute approximate surface area is 527 Å². The monoisotopic (exact) mass is 1410 g/mol. The Morgan fingerprint density at radius 2 is 1.30 bits per heavy atom. The van der Waals surface area contributed by atoms with Gasteiger partial charge in [0.25, 0.3) is 66.5 Å². The van der Waals surface area contributed by atoms with Gasteiger partial charge in [-0.05, 0) is 110 Å². The molecule has 2 amide bonds. The van der Waals surface area contributed by atoms with E-state index in [9.17, 15) is 95.8 Å². The van der Waals surface area contributed by atoms with Crippen LogP contribution in [-0.4, -0.2) is 155 Å². The molecule has 2 aromatic heterocycles. The first-order valence-electron chi connectivity index (χ1n) is 26.8. The van der Waals surface area contributed by atoms with Crippen LogP contribution in [-0.2, 0) is 86.4 Å². The number of hydrogen-bond donors (Lipinski definition) is 8. The van der Waals surface area contributed by atoms with Crippen molar-refractivity contribution in [1.29, 1.82) is 0 Å². The summed E-state index contributed by atoms with van der Waals surface area (Å²) < 4.78 is 237. The summed E-state index contributed by atoms with van der Waals surface area (Å²) in [4.78, 5) is 28.6. The van der Waals surface area contributed by atoms with Crippen LogP contribution >= 0.6 is 11.3 Å². The number of nitrogens with zero attached hydrogens (tertiary/aromatic N) is 5. The molecule has 0 unspecified atom stereocenters. The van der Waals surface area contributed by atoms with Crippen molar-refractivity contribution in [2.75, 3.05) is 41.4 Å². The summed E-state index contributed by atoms with van der Waals surface area (Å²) in [7, 11) is -34.1. The number of aromatic nitrogens is 3. The van der Waals surface area contributed by atoms with E-state index < -0.39 is 129 Å². The molecule has 6 aromatic rings. The van der Waals surface area contributed by atoms with Crippen LogP contribution in [0.4, 0.5) is 16.5 Å². The van der Waals surface area contributed by atoms with Gasteiger partial charge in [0, 0.05) is 88.7 Å². The van der Waals surface area contributed by atoms with E-state index in [1.54, 1.807) is 49.3 Å². The number of unbranched alkanes of at least 4 members (excludes halogenated alkanes) is 2. The number of carbonyl (C=O) groups excluding carboxylic acids is 2. The Kier molecular flexibility index (Phi) is 19.6. The van der Waals surface area contributed by atoms with Crippen LogP contribution in [0.3, 0.4) is 0 Å². The standard InChI is InChI=1S/C53H58N8O22S8/c1-52(2)44(60(22-8-24-85(64,65)66)40-17-14-35-37(47(40)52)26-33(88(72,73)74)28-42(35)90(78,79)80)19-12-31(39-16-11-32(30-56-39)49(63)55-21-7-5-6-10-46(62)57-50-58-59-51(84-50)87(54,70)71)13-20-45-53(3,4)48-38-27-34(89(75,76)77)29-43(91(81,82)83)36(38)15-18-41(48)61(45)23-9-25-86(67,68)69/h11-20,26-30H,5-10,21-25H2,1-4H3,(H9-,54,55,57,58,62,63,64,65,66,67,68,69,70,71,72,73,74,75,76,77,78,79,80,81,82,83). The summed E-state index contributed by atoms with van der Waals surface area (Å²) in [6, 6.07) is 11.4. The molecule has 0 saturated heterocycles. The van der Waals surface area contributed by atoms with Crippen molar-refractivity contribution in [1.82, 2.24) is 20.5 Å². The van der Waals surface area contributed by atoms with Crippen LogP contribution in [0.5, 0.6) is 0 Å². The molecule has 4 aromatic carbocycles. The molecule has 91 heavy (non-hydrogen) atoms. The van der Waals surface area contributed by atoms with E-state index in [1.807, 2.05) is 0 Å². The highest BCUT2D eigenvalue weighted by Crippen LogP contribution is 2.52. The molecule has 0 atom stereocenters. The number of primary sulfonamides is 1. The largest absolute Gasteiger partial charge is 0.748 e. The molecule has 0 aliphatic carbocycles. The maximum Gasteiger partial charge on any atom is 0.295 e. The zero-order valence-electron chi connectivity index (χ0n) is 48.2. The topological polar surface area (TPSA) is 492 Å². The van der Waals surface area contributed by atoms with Crippen molar-refractivity contribution in [3.63, 3.8) is 0 Å². The molecular formula is C53H58N8O22S8. The highest BCUT2D eigenvalue weighted by Gasteiger charge is 2.47. The summed E-state index contributed by atoms with van der Waals surface area (Å²) in [5, 5.41) is 16.7. The molecular weight excluding hydrogens is 1360 g/mol. The van der Waals surface area contributed by atoms with Gasteiger partial charge in [-0.15, -0.1) is 10.2 Å². The zero-order valence-corrected chi connectivity index (χ0v) is 54.7. The van der Waals surface area contributed by atoms with E-state index in [-0.39, 0.29) is 105 Å². The number of rotatable bonds is 25. The lowest BCUT2D eigenvalue weighted by molar-refractivity contribution is -0.437. The van der Waals surface area contributed by atoms with E-state index in [1.165, 1.54) is 54.7 Å². The number of fused-ring (bicyclic) bond motifs is 6. The van der Waals surface area contributed by atoms with E-state index in [0.29, 0.717) is 54.1 Å². The number of nitrogens with one attached hydrogen (secondary N) is 2. The van der Waals surface area contributed by atoms with Gasteiger partial charge in [-0.1, -0.05) is 43.7 Å². The third-order valence-electron chi connectivity index (χ3n) is 14.9. The lowest BCUT2D eigenvalue weighted by Gasteiger charge is -2.27. The first kappa shape index (κ1) is 70.0. The normalized spacial score (nSPS) is 16.1. The van der Waals surface area contributed by atoms with Gasteiger partial charge in [-0.2, -0.15) is 46.7 Å². The van der Waals surface area contributed by atoms with Crippen LogP contribution in [0.25, 0.3) is 27.1 Å². The predicted octanol–water partition coefficient (Wildman–Crippen LogP) is 4.71. The summed E-state index contributed by atoms with van der Waals surface area (Å²) in [5.74, 6) is -2.63. The van der Waals surface area contributed by atoms with Gasteiger partial charge in [-0.3, -0.25) is 37.3 Å².